The maximum Gasteiger partial charge on any atom is 0.264 e. The van der Waals surface area contributed by atoms with Crippen LogP contribution in [-0.4, -0.2) is 18.7 Å². The lowest BCUT2D eigenvalue weighted by atomic mass is 10.1. The minimum Gasteiger partial charge on any atom is -0.286 e. The monoisotopic (exact) mass is 609 g/mol. The molecule has 41 heavy (non-hydrogen) atoms. The Labute approximate surface area is 264 Å². The van der Waals surface area contributed by atoms with Gasteiger partial charge < -0.3 is 0 Å². The Balaban J connectivity index is -0.000000149. The highest BCUT2D eigenvalue weighted by Crippen LogP contribution is 2.11. The molecular weight excluding hydrogens is 524 g/mol. The molecule has 0 aliphatic rings. The highest BCUT2D eigenvalue weighted by Gasteiger charge is 2.02. The van der Waals surface area contributed by atoms with E-state index >= 15 is 0 Å². The van der Waals surface area contributed by atoms with Gasteiger partial charge in [0, 0.05) is 0 Å². The lowest BCUT2D eigenvalue weighted by Crippen LogP contribution is -2.03. The van der Waals surface area contributed by atoms with Crippen molar-refractivity contribution in [3.05, 3.63) is 0 Å². The largest absolute Gasteiger partial charge is 0.286 e. The van der Waals surface area contributed by atoms with Crippen molar-refractivity contribution >= 4 is 10.1 Å². The summed E-state index contributed by atoms with van der Waals surface area (Å²) in [7, 11) is -3.73. The van der Waals surface area contributed by atoms with E-state index in [-0.39, 0.29) is 5.75 Å². The molecule has 0 saturated heterocycles. The van der Waals surface area contributed by atoms with E-state index in [9.17, 15) is 8.42 Å². The molecule has 0 spiro atoms. The molecule has 4 heteroatoms. The molecule has 0 amide bonds. The van der Waals surface area contributed by atoms with E-state index in [2.05, 4.69) is 34.6 Å². The van der Waals surface area contributed by atoms with E-state index in [1.807, 2.05) is 27.7 Å². The first-order valence-electron chi connectivity index (χ1n) is 18.8. The van der Waals surface area contributed by atoms with Crippen LogP contribution in [0.5, 0.6) is 0 Å². The van der Waals surface area contributed by atoms with Crippen LogP contribution in [0.1, 0.15) is 236 Å². The number of hydrogen-bond donors (Lipinski definition) is 1. The van der Waals surface area contributed by atoms with Gasteiger partial charge in [-0.05, 0) is 6.42 Å². The average Bonchev–Trinajstić information content (AvgIpc) is 2.98. The van der Waals surface area contributed by atoms with E-state index in [4.69, 9.17) is 4.55 Å². The second-order valence-electron chi connectivity index (χ2n) is 11.1. The fourth-order valence-electron chi connectivity index (χ4n) is 4.36. The first-order chi connectivity index (χ1) is 19.9. The third-order valence-electron chi connectivity index (χ3n) is 6.92. The Morgan fingerprint density at radius 1 is 0.317 bits per heavy atom. The molecule has 0 atom stereocenters. The maximum absolute atomic E-state index is 10.4. The van der Waals surface area contributed by atoms with Gasteiger partial charge >= 0.3 is 0 Å². The molecule has 0 aromatic heterocycles. The molecule has 0 fully saturated rings. The van der Waals surface area contributed by atoms with Crippen molar-refractivity contribution in [3.8, 4) is 0 Å². The van der Waals surface area contributed by atoms with E-state index in [1.54, 1.807) is 0 Å². The summed E-state index contributed by atoms with van der Waals surface area (Å²) in [4.78, 5) is 0. The molecule has 256 valence electrons. The first kappa shape index (κ1) is 50.5. The van der Waals surface area contributed by atoms with Crippen LogP contribution in [0, 0.1) is 0 Å². The maximum atomic E-state index is 10.4. The van der Waals surface area contributed by atoms with Gasteiger partial charge in [0.15, 0.2) is 0 Å². The van der Waals surface area contributed by atoms with Crippen LogP contribution < -0.4 is 0 Å². The van der Waals surface area contributed by atoms with Gasteiger partial charge in [-0.25, -0.2) is 0 Å². The molecule has 0 aliphatic carbocycles. The van der Waals surface area contributed by atoms with Crippen molar-refractivity contribution in [3.63, 3.8) is 0 Å². The highest BCUT2D eigenvalue weighted by molar-refractivity contribution is 7.85. The molecule has 0 aromatic carbocycles. The molecule has 0 radical (unpaired) electrons. The van der Waals surface area contributed by atoms with Crippen LogP contribution in [-0.2, 0) is 10.1 Å². The van der Waals surface area contributed by atoms with Crippen molar-refractivity contribution in [2.45, 2.75) is 236 Å². The lowest BCUT2D eigenvalue weighted by Gasteiger charge is -2.00. The molecular formula is C37H84O3S. The van der Waals surface area contributed by atoms with Crippen molar-refractivity contribution < 1.29 is 13.0 Å². The smallest absolute Gasteiger partial charge is 0.264 e. The SMILES string of the molecule is CC.CC.CCCCCCCCCCC.CCCCCCCCCCCC.CCCCCCCCCCS(=O)(=O)O. The Morgan fingerprint density at radius 3 is 0.610 bits per heavy atom. The summed E-state index contributed by atoms with van der Waals surface area (Å²) in [5.74, 6) is -0.0814. The van der Waals surface area contributed by atoms with E-state index < -0.39 is 10.1 Å². The van der Waals surface area contributed by atoms with Gasteiger partial charge in [-0.2, -0.15) is 8.42 Å². The molecule has 0 bridgehead atoms. The second-order valence-corrected chi connectivity index (χ2v) is 12.6. The van der Waals surface area contributed by atoms with Gasteiger partial charge in [-0.3, -0.25) is 4.55 Å². The predicted molar refractivity (Wildman–Crippen MR) is 192 cm³/mol. The van der Waals surface area contributed by atoms with Gasteiger partial charge in [-0.1, -0.05) is 229 Å². The molecule has 1 N–H and O–H groups in total. The Morgan fingerprint density at radius 2 is 0.463 bits per heavy atom. The summed E-state index contributed by atoms with van der Waals surface area (Å²) in [6.45, 7) is 19.3. The Kier molecular flexibility index (Phi) is 64.8. The fraction of sp³-hybridized carbons (Fsp3) is 1.00. The third-order valence-corrected chi connectivity index (χ3v) is 7.72. The van der Waals surface area contributed by atoms with Crippen LogP contribution in [0.15, 0.2) is 0 Å². The molecule has 3 nitrogen and oxygen atoms in total. The van der Waals surface area contributed by atoms with E-state index in [0.717, 1.165) is 12.8 Å². The molecule has 0 aromatic rings. The summed E-state index contributed by atoms with van der Waals surface area (Å²) < 4.78 is 29.2. The summed E-state index contributed by atoms with van der Waals surface area (Å²) in [5.41, 5.74) is 0. The summed E-state index contributed by atoms with van der Waals surface area (Å²) >= 11 is 0. The second kappa shape index (κ2) is 52.5. The van der Waals surface area contributed by atoms with Gasteiger partial charge in [0.1, 0.15) is 0 Å². The summed E-state index contributed by atoms with van der Waals surface area (Å²) in [6.07, 6.45) is 36.2. The average molecular weight is 609 g/mol. The van der Waals surface area contributed by atoms with Crippen LogP contribution in [0.4, 0.5) is 0 Å². The number of hydrogen-bond acceptors (Lipinski definition) is 2. The zero-order chi connectivity index (χ0) is 32.3. The molecule has 0 aliphatic heterocycles. The Bertz CT molecular complexity index is 445. The zero-order valence-electron chi connectivity index (χ0n) is 30.5. The van der Waals surface area contributed by atoms with Gasteiger partial charge in [0.25, 0.3) is 10.1 Å². The van der Waals surface area contributed by atoms with Crippen LogP contribution in [0.2, 0.25) is 0 Å². The van der Waals surface area contributed by atoms with Gasteiger partial charge in [0.05, 0.1) is 5.75 Å². The zero-order valence-corrected chi connectivity index (χ0v) is 31.3. The van der Waals surface area contributed by atoms with Crippen LogP contribution in [0.3, 0.4) is 0 Å². The van der Waals surface area contributed by atoms with Gasteiger partial charge in [-0.15, -0.1) is 0 Å². The van der Waals surface area contributed by atoms with Crippen molar-refractivity contribution in [2.75, 3.05) is 5.75 Å². The van der Waals surface area contributed by atoms with E-state index in [1.165, 1.54) is 154 Å². The molecule has 0 rings (SSSR count). The van der Waals surface area contributed by atoms with Crippen molar-refractivity contribution in [1.29, 1.82) is 0 Å². The minimum atomic E-state index is -3.73. The number of rotatable bonds is 26. The standard InChI is InChI=1S/C12H26.C11H24.C10H22O3S.2C2H6/c1-3-5-7-9-11-12-10-8-6-4-2;1-3-5-7-9-11-10-8-6-4-2;1-2-3-4-5-6-7-8-9-10-14(11,12)13;2*1-2/h3-12H2,1-2H3;3-11H2,1-2H3;2-10H2,1H3,(H,11,12,13);2*1-2H3. The van der Waals surface area contributed by atoms with Crippen LogP contribution in [0.25, 0.3) is 0 Å². The molecule has 0 saturated carbocycles. The normalized spacial score (nSPS) is 10.2. The van der Waals surface area contributed by atoms with Crippen LogP contribution >= 0.6 is 0 Å². The van der Waals surface area contributed by atoms with E-state index in [0.29, 0.717) is 6.42 Å². The fourth-order valence-corrected chi connectivity index (χ4v) is 4.93. The predicted octanol–water partition coefficient (Wildman–Crippen LogP) is 14.5. The molecule has 0 unspecified atom stereocenters. The minimum absolute atomic E-state index is 0.0814. The third kappa shape index (κ3) is 73.6. The highest BCUT2D eigenvalue weighted by atomic mass is 32.2. The van der Waals surface area contributed by atoms with Crippen molar-refractivity contribution in [2.24, 2.45) is 0 Å². The topological polar surface area (TPSA) is 54.4 Å². The number of unbranched alkanes of at least 4 members (excludes halogenated alkanes) is 24. The molecule has 0 heterocycles. The summed E-state index contributed by atoms with van der Waals surface area (Å²) in [6, 6.07) is 0. The van der Waals surface area contributed by atoms with Gasteiger partial charge in [0.2, 0.25) is 0 Å². The Hall–Kier alpha value is -0.0900. The first-order valence-corrected chi connectivity index (χ1v) is 20.4. The lowest BCUT2D eigenvalue weighted by molar-refractivity contribution is 0.478. The van der Waals surface area contributed by atoms with Crippen molar-refractivity contribution in [1.82, 2.24) is 0 Å². The quantitative estimate of drug-likeness (QED) is 0.0785. The summed E-state index contributed by atoms with van der Waals surface area (Å²) in [5, 5.41) is 0.